The van der Waals surface area contributed by atoms with Gasteiger partial charge in [-0.1, -0.05) is 51.9 Å². The lowest BCUT2D eigenvalue weighted by atomic mass is 10.1. The number of thiocyanates is 1. The Kier molecular flexibility index (Phi) is 9.43. The first kappa shape index (κ1) is 16.6. The van der Waals surface area contributed by atoms with Gasteiger partial charge in [0.2, 0.25) is 0 Å². The molecule has 0 aromatic rings. The molecule has 0 aliphatic heterocycles. The van der Waals surface area contributed by atoms with E-state index in [0.717, 1.165) is 19.3 Å². The van der Waals surface area contributed by atoms with Crippen molar-refractivity contribution in [3.63, 3.8) is 0 Å². The van der Waals surface area contributed by atoms with E-state index in [9.17, 15) is 13.2 Å². The topological polar surface area (TPSA) is 23.8 Å². The molecule has 0 aliphatic carbocycles. The Labute approximate surface area is 106 Å². The first-order chi connectivity index (χ1) is 8.02. The normalized spacial score (nSPS) is 13.4. The van der Waals surface area contributed by atoms with Gasteiger partial charge in [0.05, 0.1) is 0 Å². The molecule has 1 atom stereocenters. The van der Waals surface area contributed by atoms with E-state index in [1.165, 1.54) is 24.7 Å². The van der Waals surface area contributed by atoms with E-state index in [-0.39, 0.29) is 6.42 Å². The Morgan fingerprint density at radius 3 is 2.06 bits per heavy atom. The maximum absolute atomic E-state index is 12.4. The Morgan fingerprint density at radius 2 is 1.59 bits per heavy atom. The molecule has 100 valence electrons. The second-order valence-corrected chi connectivity index (χ2v) is 5.14. The van der Waals surface area contributed by atoms with E-state index in [4.69, 9.17) is 5.26 Å². The third kappa shape index (κ3) is 9.34. The van der Waals surface area contributed by atoms with Gasteiger partial charge in [0.1, 0.15) is 10.7 Å². The average molecular weight is 267 g/mol. The summed E-state index contributed by atoms with van der Waals surface area (Å²) in [5.74, 6) is 0. The summed E-state index contributed by atoms with van der Waals surface area (Å²) in [6.07, 6.45) is 2.87. The quantitative estimate of drug-likeness (QED) is 0.419. The van der Waals surface area contributed by atoms with Gasteiger partial charge in [0.25, 0.3) is 0 Å². The van der Waals surface area contributed by atoms with Gasteiger partial charge in [0.15, 0.2) is 0 Å². The lowest BCUT2D eigenvalue weighted by Crippen LogP contribution is -2.25. The van der Waals surface area contributed by atoms with Gasteiger partial charge in [-0.05, 0) is 18.2 Å². The number of thioether (sulfide) groups is 1. The number of hydrogen-bond acceptors (Lipinski definition) is 2. The molecule has 0 aromatic carbocycles. The number of unbranched alkanes of at least 4 members (excludes halogenated alkanes) is 6. The number of alkyl halides is 3. The predicted molar refractivity (Wildman–Crippen MR) is 65.7 cm³/mol. The zero-order valence-corrected chi connectivity index (χ0v) is 11.0. The fourth-order valence-electron chi connectivity index (χ4n) is 1.64. The fraction of sp³-hybridized carbons (Fsp3) is 0.917. The largest absolute Gasteiger partial charge is 0.401 e. The van der Waals surface area contributed by atoms with Crippen molar-refractivity contribution in [3.05, 3.63) is 0 Å². The summed E-state index contributed by atoms with van der Waals surface area (Å²) in [4.78, 5) is 0. The lowest BCUT2D eigenvalue weighted by Gasteiger charge is -2.16. The van der Waals surface area contributed by atoms with E-state index in [2.05, 4.69) is 6.92 Å². The van der Waals surface area contributed by atoms with Crippen LogP contribution in [-0.2, 0) is 0 Å². The van der Waals surface area contributed by atoms with Crippen molar-refractivity contribution in [2.24, 2.45) is 0 Å². The summed E-state index contributed by atoms with van der Waals surface area (Å²) >= 11 is 0.336. The number of halogens is 3. The van der Waals surface area contributed by atoms with E-state index in [1.807, 2.05) is 0 Å². The summed E-state index contributed by atoms with van der Waals surface area (Å²) in [7, 11) is 0. The predicted octanol–water partition coefficient (Wildman–Crippen LogP) is 5.27. The molecule has 0 fully saturated rings. The molecule has 0 saturated heterocycles. The molecule has 0 aromatic heterocycles. The van der Waals surface area contributed by atoms with Crippen LogP contribution in [0.25, 0.3) is 0 Å². The van der Waals surface area contributed by atoms with E-state index in [0.29, 0.717) is 18.2 Å². The Bertz CT molecular complexity index is 223. The molecule has 0 spiro atoms. The maximum Gasteiger partial charge on any atom is 0.401 e. The van der Waals surface area contributed by atoms with Crippen LogP contribution in [0.5, 0.6) is 0 Å². The zero-order valence-electron chi connectivity index (χ0n) is 10.2. The van der Waals surface area contributed by atoms with Gasteiger partial charge >= 0.3 is 6.18 Å². The van der Waals surface area contributed by atoms with Crippen LogP contribution in [0.1, 0.15) is 58.3 Å². The minimum absolute atomic E-state index is 0.0650. The summed E-state index contributed by atoms with van der Waals surface area (Å²) < 4.78 is 37.2. The highest BCUT2D eigenvalue weighted by molar-refractivity contribution is 8.04. The van der Waals surface area contributed by atoms with Crippen molar-refractivity contribution in [3.8, 4) is 5.40 Å². The fourth-order valence-corrected chi connectivity index (χ4v) is 2.19. The van der Waals surface area contributed by atoms with Crippen LogP contribution in [-0.4, -0.2) is 11.4 Å². The highest BCUT2D eigenvalue weighted by Crippen LogP contribution is 2.33. The third-order valence-corrected chi connectivity index (χ3v) is 3.52. The number of rotatable bonds is 9. The van der Waals surface area contributed by atoms with E-state index < -0.39 is 11.4 Å². The molecule has 0 aliphatic rings. The SMILES string of the molecule is CCCCCCCCCC(SC#N)C(F)(F)F. The van der Waals surface area contributed by atoms with Gasteiger partial charge in [-0.2, -0.15) is 18.4 Å². The number of nitrogens with zero attached hydrogens (tertiary/aromatic N) is 1. The van der Waals surface area contributed by atoms with Gasteiger partial charge < -0.3 is 0 Å². The van der Waals surface area contributed by atoms with Crippen molar-refractivity contribution in [1.82, 2.24) is 0 Å². The first-order valence-corrected chi connectivity index (χ1v) is 7.01. The monoisotopic (exact) mass is 267 g/mol. The smallest absolute Gasteiger partial charge is 0.185 e. The van der Waals surface area contributed by atoms with Crippen molar-refractivity contribution in [2.75, 3.05) is 0 Å². The Morgan fingerprint density at radius 1 is 1.06 bits per heavy atom. The Hall–Kier alpha value is -0.370. The molecule has 0 saturated carbocycles. The second kappa shape index (κ2) is 9.64. The number of nitriles is 1. The molecule has 5 heteroatoms. The molecular formula is C12H20F3NS. The Balaban J connectivity index is 3.59. The maximum atomic E-state index is 12.4. The summed E-state index contributed by atoms with van der Waals surface area (Å²) in [5, 5.41) is 8.34. The molecule has 1 nitrogen and oxygen atoms in total. The highest BCUT2D eigenvalue weighted by atomic mass is 32.2. The van der Waals surface area contributed by atoms with Crippen LogP contribution in [0.4, 0.5) is 13.2 Å². The molecule has 0 amide bonds. The standard InChI is InChI=1S/C12H20F3NS/c1-2-3-4-5-6-7-8-9-11(17-10-16)12(13,14)15/h11H,2-9H2,1H3. The van der Waals surface area contributed by atoms with Crippen LogP contribution >= 0.6 is 11.8 Å². The van der Waals surface area contributed by atoms with Gasteiger partial charge in [0, 0.05) is 0 Å². The van der Waals surface area contributed by atoms with Crippen molar-refractivity contribution < 1.29 is 13.2 Å². The minimum atomic E-state index is -4.25. The van der Waals surface area contributed by atoms with E-state index >= 15 is 0 Å². The zero-order chi connectivity index (χ0) is 13.1. The summed E-state index contributed by atoms with van der Waals surface area (Å²) in [6.45, 7) is 2.13. The minimum Gasteiger partial charge on any atom is -0.185 e. The number of hydrogen-bond donors (Lipinski definition) is 0. The average Bonchev–Trinajstić information content (AvgIpc) is 2.25. The van der Waals surface area contributed by atoms with Gasteiger partial charge in [-0.25, -0.2) is 0 Å². The first-order valence-electron chi connectivity index (χ1n) is 6.13. The summed E-state index contributed by atoms with van der Waals surface area (Å²) in [6, 6.07) is 0. The molecular weight excluding hydrogens is 247 g/mol. The third-order valence-electron chi connectivity index (χ3n) is 2.63. The molecule has 0 rings (SSSR count). The molecule has 0 heterocycles. The second-order valence-electron chi connectivity index (χ2n) is 4.15. The van der Waals surface area contributed by atoms with Crippen LogP contribution < -0.4 is 0 Å². The molecule has 0 bridgehead atoms. The highest BCUT2D eigenvalue weighted by Gasteiger charge is 2.39. The molecule has 0 radical (unpaired) electrons. The van der Waals surface area contributed by atoms with Crippen molar-refractivity contribution >= 4 is 11.8 Å². The van der Waals surface area contributed by atoms with Crippen LogP contribution in [0, 0.1) is 10.7 Å². The van der Waals surface area contributed by atoms with Gasteiger partial charge in [-0.15, -0.1) is 0 Å². The van der Waals surface area contributed by atoms with Crippen molar-refractivity contribution in [1.29, 1.82) is 5.26 Å². The van der Waals surface area contributed by atoms with Crippen molar-refractivity contribution in [2.45, 2.75) is 69.7 Å². The molecule has 1 unspecified atom stereocenters. The lowest BCUT2D eigenvalue weighted by molar-refractivity contribution is -0.129. The van der Waals surface area contributed by atoms with Crippen LogP contribution in [0.15, 0.2) is 0 Å². The molecule has 17 heavy (non-hydrogen) atoms. The van der Waals surface area contributed by atoms with Gasteiger partial charge in [-0.3, -0.25) is 0 Å². The van der Waals surface area contributed by atoms with Crippen LogP contribution in [0.2, 0.25) is 0 Å². The van der Waals surface area contributed by atoms with Crippen LogP contribution in [0.3, 0.4) is 0 Å². The van der Waals surface area contributed by atoms with E-state index in [1.54, 1.807) is 0 Å². The molecule has 0 N–H and O–H groups in total. The summed E-state index contributed by atoms with van der Waals surface area (Å²) in [5.41, 5.74) is 0.